The van der Waals surface area contributed by atoms with Gasteiger partial charge >= 0.3 is 0 Å². The summed E-state index contributed by atoms with van der Waals surface area (Å²) in [6.45, 7) is 1.94. The molecule has 1 fully saturated rings. The Bertz CT molecular complexity index is 588. The minimum atomic E-state index is -0.420. The topological polar surface area (TPSA) is 65.4 Å². The average molecular weight is 224 g/mol. The smallest absolute Gasteiger partial charge is 0.149 e. The van der Waals surface area contributed by atoms with Crippen molar-refractivity contribution in [3.8, 4) is 17.3 Å². The van der Waals surface area contributed by atoms with Crippen LogP contribution in [0.2, 0.25) is 0 Å². The molecule has 0 bridgehead atoms. The minimum Gasteiger partial charge on any atom is -0.367 e. The molecule has 0 aliphatic heterocycles. The molecule has 1 N–H and O–H groups in total. The molecule has 84 valence electrons. The van der Waals surface area contributed by atoms with Gasteiger partial charge < -0.3 is 4.98 Å². The molecule has 2 aromatic rings. The van der Waals surface area contributed by atoms with Crippen LogP contribution in [0, 0.1) is 18.3 Å². The van der Waals surface area contributed by atoms with Gasteiger partial charge in [-0.3, -0.25) is 0 Å². The quantitative estimate of drug-likeness (QED) is 0.851. The van der Waals surface area contributed by atoms with Gasteiger partial charge in [-0.05, 0) is 31.9 Å². The highest BCUT2D eigenvalue weighted by atomic mass is 14.9. The van der Waals surface area contributed by atoms with Crippen molar-refractivity contribution in [3.05, 3.63) is 36.0 Å². The molecule has 0 amide bonds. The van der Waals surface area contributed by atoms with Gasteiger partial charge in [0.2, 0.25) is 0 Å². The lowest BCUT2D eigenvalue weighted by Crippen LogP contribution is -2.10. The predicted molar refractivity (Wildman–Crippen MR) is 63.1 cm³/mol. The van der Waals surface area contributed by atoms with Gasteiger partial charge in [0.1, 0.15) is 11.2 Å². The predicted octanol–water partition coefficient (Wildman–Crippen LogP) is 2.34. The molecule has 17 heavy (non-hydrogen) atoms. The van der Waals surface area contributed by atoms with E-state index in [1.165, 1.54) is 0 Å². The van der Waals surface area contributed by atoms with E-state index >= 15 is 0 Å². The van der Waals surface area contributed by atoms with Gasteiger partial charge in [-0.15, -0.1) is 0 Å². The molecule has 1 saturated carbocycles. The van der Waals surface area contributed by atoms with Gasteiger partial charge in [-0.25, -0.2) is 9.97 Å². The summed E-state index contributed by atoms with van der Waals surface area (Å²) in [5, 5.41) is 9.19. The maximum Gasteiger partial charge on any atom is 0.149 e. The second kappa shape index (κ2) is 3.42. The Morgan fingerprint density at radius 2 is 2.24 bits per heavy atom. The van der Waals surface area contributed by atoms with Crippen molar-refractivity contribution in [2.45, 2.75) is 25.2 Å². The summed E-state index contributed by atoms with van der Waals surface area (Å²) in [5.41, 5.74) is 2.41. The zero-order valence-electron chi connectivity index (χ0n) is 9.57. The van der Waals surface area contributed by atoms with Crippen molar-refractivity contribution >= 4 is 0 Å². The highest BCUT2D eigenvalue weighted by molar-refractivity contribution is 5.58. The van der Waals surface area contributed by atoms with Gasteiger partial charge in [0.15, 0.2) is 0 Å². The lowest BCUT2D eigenvalue weighted by atomic mass is 10.1. The van der Waals surface area contributed by atoms with Crippen LogP contribution in [0.3, 0.4) is 0 Å². The van der Waals surface area contributed by atoms with E-state index in [9.17, 15) is 5.26 Å². The second-order valence-corrected chi connectivity index (χ2v) is 4.51. The molecule has 1 aliphatic rings. The molecule has 2 heterocycles. The SMILES string of the molecule is Cc1cc(-c2cc[nH]c2)nc(C2(C#N)CC2)n1. The maximum absolute atomic E-state index is 9.19. The molecule has 0 atom stereocenters. The highest BCUT2D eigenvalue weighted by Gasteiger charge is 2.48. The first kappa shape index (κ1) is 10.0. The fourth-order valence-electron chi connectivity index (χ4n) is 1.92. The van der Waals surface area contributed by atoms with Crippen LogP contribution in [-0.4, -0.2) is 15.0 Å². The van der Waals surface area contributed by atoms with Crippen LogP contribution in [0.1, 0.15) is 24.4 Å². The summed E-state index contributed by atoms with van der Waals surface area (Å²) in [5.74, 6) is 0.677. The van der Waals surface area contributed by atoms with Gasteiger partial charge in [0.05, 0.1) is 11.8 Å². The molecular weight excluding hydrogens is 212 g/mol. The Hall–Kier alpha value is -2.15. The summed E-state index contributed by atoms with van der Waals surface area (Å²) in [6.07, 6.45) is 5.51. The van der Waals surface area contributed by atoms with E-state index in [1.54, 1.807) is 0 Å². The van der Waals surface area contributed by atoms with E-state index < -0.39 is 5.41 Å². The molecule has 0 aromatic carbocycles. The lowest BCUT2D eigenvalue weighted by Gasteiger charge is -2.07. The molecule has 0 unspecified atom stereocenters. The molecule has 4 nitrogen and oxygen atoms in total. The zero-order chi connectivity index (χ0) is 11.9. The van der Waals surface area contributed by atoms with Crippen LogP contribution >= 0.6 is 0 Å². The Kier molecular flexibility index (Phi) is 2.02. The number of nitrogens with one attached hydrogen (secondary N) is 1. The summed E-state index contributed by atoms with van der Waals surface area (Å²) < 4.78 is 0. The van der Waals surface area contributed by atoms with Crippen LogP contribution in [-0.2, 0) is 5.41 Å². The number of H-pyrrole nitrogens is 1. The third-order valence-corrected chi connectivity index (χ3v) is 3.14. The molecule has 3 rings (SSSR count). The van der Waals surface area contributed by atoms with E-state index in [4.69, 9.17) is 0 Å². The minimum absolute atomic E-state index is 0.420. The number of aryl methyl sites for hydroxylation is 1. The van der Waals surface area contributed by atoms with Gasteiger partial charge in [0, 0.05) is 23.7 Å². The van der Waals surface area contributed by atoms with Crippen LogP contribution in [0.15, 0.2) is 24.5 Å². The summed E-state index contributed by atoms with van der Waals surface area (Å²) >= 11 is 0. The summed E-state index contributed by atoms with van der Waals surface area (Å²) in [7, 11) is 0. The van der Waals surface area contributed by atoms with Crippen molar-refractivity contribution in [2.24, 2.45) is 0 Å². The largest absolute Gasteiger partial charge is 0.367 e. The van der Waals surface area contributed by atoms with Crippen LogP contribution in [0.5, 0.6) is 0 Å². The van der Waals surface area contributed by atoms with Crippen molar-refractivity contribution in [2.75, 3.05) is 0 Å². The van der Waals surface area contributed by atoms with Crippen molar-refractivity contribution in [1.82, 2.24) is 15.0 Å². The Balaban J connectivity index is 2.11. The van der Waals surface area contributed by atoms with E-state index in [1.807, 2.05) is 31.5 Å². The van der Waals surface area contributed by atoms with Crippen molar-refractivity contribution in [1.29, 1.82) is 5.26 Å². The highest BCUT2D eigenvalue weighted by Crippen LogP contribution is 2.46. The van der Waals surface area contributed by atoms with E-state index in [2.05, 4.69) is 21.0 Å². The number of hydrogen-bond donors (Lipinski definition) is 1. The van der Waals surface area contributed by atoms with Crippen molar-refractivity contribution < 1.29 is 0 Å². The van der Waals surface area contributed by atoms with Gasteiger partial charge in [-0.2, -0.15) is 5.26 Å². The standard InChI is InChI=1S/C13H12N4/c1-9-6-11(10-2-5-15-7-10)17-12(16-9)13(8-14)3-4-13/h2,5-7,15H,3-4H2,1H3. The zero-order valence-corrected chi connectivity index (χ0v) is 9.57. The fraction of sp³-hybridized carbons (Fsp3) is 0.308. The number of nitriles is 1. The summed E-state index contributed by atoms with van der Waals surface area (Å²) in [4.78, 5) is 11.9. The van der Waals surface area contributed by atoms with E-state index in [-0.39, 0.29) is 0 Å². The normalized spacial score (nSPS) is 16.5. The van der Waals surface area contributed by atoms with Crippen LogP contribution in [0.4, 0.5) is 0 Å². The average Bonchev–Trinajstić information content (AvgIpc) is 2.94. The number of rotatable bonds is 2. The number of hydrogen-bond acceptors (Lipinski definition) is 3. The number of aromatic amines is 1. The number of aromatic nitrogens is 3. The van der Waals surface area contributed by atoms with Crippen LogP contribution < -0.4 is 0 Å². The Morgan fingerprint density at radius 3 is 2.82 bits per heavy atom. The molecule has 0 radical (unpaired) electrons. The first-order valence-corrected chi connectivity index (χ1v) is 5.64. The van der Waals surface area contributed by atoms with Crippen molar-refractivity contribution in [3.63, 3.8) is 0 Å². The first-order chi connectivity index (χ1) is 8.23. The third-order valence-electron chi connectivity index (χ3n) is 3.14. The second-order valence-electron chi connectivity index (χ2n) is 4.51. The molecule has 0 spiro atoms. The third kappa shape index (κ3) is 1.60. The summed E-state index contributed by atoms with van der Waals surface area (Å²) in [6, 6.07) is 6.25. The molecule has 1 aliphatic carbocycles. The maximum atomic E-state index is 9.19. The molecule has 4 heteroatoms. The fourth-order valence-corrected chi connectivity index (χ4v) is 1.92. The van der Waals surface area contributed by atoms with Gasteiger partial charge in [-0.1, -0.05) is 0 Å². The first-order valence-electron chi connectivity index (χ1n) is 5.64. The lowest BCUT2D eigenvalue weighted by molar-refractivity contribution is 0.789. The molecular formula is C13H12N4. The van der Waals surface area contributed by atoms with E-state index in [0.717, 1.165) is 29.8 Å². The molecule has 2 aromatic heterocycles. The van der Waals surface area contributed by atoms with Gasteiger partial charge in [0.25, 0.3) is 0 Å². The number of nitrogens with zero attached hydrogens (tertiary/aromatic N) is 3. The Morgan fingerprint density at radius 1 is 1.41 bits per heavy atom. The Labute approximate surface area is 99.3 Å². The monoisotopic (exact) mass is 224 g/mol. The van der Waals surface area contributed by atoms with E-state index in [0.29, 0.717) is 5.82 Å². The molecule has 0 saturated heterocycles. The van der Waals surface area contributed by atoms with Crippen LogP contribution in [0.25, 0.3) is 11.3 Å².